The third-order valence-corrected chi connectivity index (χ3v) is 7.25. The summed E-state index contributed by atoms with van der Waals surface area (Å²) in [6, 6.07) is 23.5. The zero-order valence-electron chi connectivity index (χ0n) is 20.9. The van der Waals surface area contributed by atoms with Crippen molar-refractivity contribution in [1.82, 2.24) is 10.3 Å². The zero-order valence-corrected chi connectivity index (χ0v) is 22.5. The fourth-order valence-electron chi connectivity index (χ4n) is 3.40. The first-order chi connectivity index (χ1) is 18.4. The summed E-state index contributed by atoms with van der Waals surface area (Å²) in [6.45, 7) is 3.81. The molecule has 0 spiro atoms. The minimum atomic E-state index is -0.448. The second-order valence-electron chi connectivity index (χ2n) is 8.34. The summed E-state index contributed by atoms with van der Waals surface area (Å²) in [4.78, 5) is 43.3. The van der Waals surface area contributed by atoms with Crippen molar-refractivity contribution in [1.29, 1.82) is 0 Å². The van der Waals surface area contributed by atoms with Crippen LogP contribution in [0.15, 0.2) is 94.8 Å². The lowest BCUT2D eigenvalue weighted by molar-refractivity contribution is -0.114. The van der Waals surface area contributed by atoms with Gasteiger partial charge in [-0.15, -0.1) is 23.1 Å². The normalized spacial score (nSPS) is 11.1. The number of thiazole rings is 1. The van der Waals surface area contributed by atoms with E-state index >= 15 is 0 Å². The van der Waals surface area contributed by atoms with Crippen LogP contribution in [0.4, 0.5) is 10.8 Å². The van der Waals surface area contributed by atoms with Crippen LogP contribution in [0.3, 0.4) is 0 Å². The number of hydrogen-bond donors (Lipinski definition) is 3. The number of thioether (sulfide) groups is 1. The largest absolute Gasteiger partial charge is 0.321 e. The highest BCUT2D eigenvalue weighted by Crippen LogP contribution is 2.22. The van der Waals surface area contributed by atoms with E-state index in [1.807, 2.05) is 61.7 Å². The van der Waals surface area contributed by atoms with E-state index < -0.39 is 5.91 Å². The second-order valence-corrected chi connectivity index (χ2v) is 10.3. The molecule has 1 aromatic heterocycles. The first-order valence-corrected chi connectivity index (χ1v) is 13.6. The number of anilines is 2. The quantitative estimate of drug-likeness (QED) is 0.181. The molecule has 4 rings (SSSR count). The summed E-state index contributed by atoms with van der Waals surface area (Å²) in [5.41, 5.74) is 3.80. The van der Waals surface area contributed by atoms with E-state index in [0.717, 1.165) is 21.7 Å². The van der Waals surface area contributed by atoms with E-state index in [9.17, 15) is 14.4 Å². The molecule has 192 valence electrons. The third kappa shape index (κ3) is 7.64. The third-order valence-electron chi connectivity index (χ3n) is 5.36. The van der Waals surface area contributed by atoms with Crippen molar-refractivity contribution in [3.05, 3.63) is 112 Å². The molecule has 0 atom stereocenters. The van der Waals surface area contributed by atoms with Gasteiger partial charge in [-0.3, -0.25) is 14.4 Å². The van der Waals surface area contributed by atoms with Crippen molar-refractivity contribution in [2.24, 2.45) is 0 Å². The van der Waals surface area contributed by atoms with Gasteiger partial charge < -0.3 is 16.0 Å². The molecule has 3 amide bonds. The van der Waals surface area contributed by atoms with E-state index in [4.69, 9.17) is 0 Å². The zero-order chi connectivity index (χ0) is 26.9. The second kappa shape index (κ2) is 12.8. The number of nitrogens with zero attached hydrogens (tertiary/aromatic N) is 1. The Morgan fingerprint density at radius 1 is 0.895 bits per heavy atom. The van der Waals surface area contributed by atoms with Crippen molar-refractivity contribution >= 4 is 57.7 Å². The van der Waals surface area contributed by atoms with Crippen LogP contribution in [0.25, 0.3) is 6.08 Å². The maximum atomic E-state index is 13.2. The molecule has 0 bridgehead atoms. The molecule has 9 heteroatoms. The number of aryl methyl sites for hydroxylation is 2. The van der Waals surface area contributed by atoms with Gasteiger partial charge in [0.15, 0.2) is 5.13 Å². The average molecular weight is 543 g/mol. The van der Waals surface area contributed by atoms with Crippen LogP contribution in [-0.2, 0) is 9.59 Å². The molecule has 0 saturated heterocycles. The number of nitrogens with one attached hydrogen (secondary N) is 3. The van der Waals surface area contributed by atoms with E-state index in [-0.39, 0.29) is 23.3 Å². The molecular weight excluding hydrogens is 516 g/mol. The molecular formula is C29H26N4O3S2. The highest BCUT2D eigenvalue weighted by atomic mass is 32.2. The summed E-state index contributed by atoms with van der Waals surface area (Å²) in [6.07, 6.45) is 1.66. The number of hydrogen-bond acceptors (Lipinski definition) is 6. The standard InChI is InChI=1S/C29H26N4O3S2/c1-19-8-6-7-11-22(19)16-25(32-27(35)21-9-4-3-5-10-21)28(36)31-23-12-14-24(15-13-23)37-18-26(34)33-29-30-20(2)17-38-29/h3-17H,18H2,1-2H3,(H,31,36)(H,32,35)(H,30,33,34)/b25-16-. The van der Waals surface area contributed by atoms with Gasteiger partial charge in [0.25, 0.3) is 11.8 Å². The Labute approximate surface area is 229 Å². The number of carbonyl (C=O) groups excluding carboxylic acids is 3. The molecule has 0 aliphatic carbocycles. The Balaban J connectivity index is 1.41. The van der Waals surface area contributed by atoms with Crippen LogP contribution in [0, 0.1) is 13.8 Å². The van der Waals surface area contributed by atoms with Crippen LogP contribution in [0.5, 0.6) is 0 Å². The first-order valence-electron chi connectivity index (χ1n) is 11.8. The van der Waals surface area contributed by atoms with Crippen molar-refractivity contribution < 1.29 is 14.4 Å². The monoisotopic (exact) mass is 542 g/mol. The summed E-state index contributed by atoms with van der Waals surface area (Å²) in [5.74, 6) is -0.726. The molecule has 0 radical (unpaired) electrons. The van der Waals surface area contributed by atoms with Crippen LogP contribution < -0.4 is 16.0 Å². The first kappa shape index (κ1) is 26.8. The molecule has 38 heavy (non-hydrogen) atoms. The van der Waals surface area contributed by atoms with Crippen molar-refractivity contribution in [2.45, 2.75) is 18.7 Å². The number of amides is 3. The minimum absolute atomic E-state index is 0.126. The Kier molecular flexibility index (Phi) is 9.07. The Hall–Kier alpha value is -4.21. The van der Waals surface area contributed by atoms with Gasteiger partial charge >= 0.3 is 0 Å². The summed E-state index contributed by atoms with van der Waals surface area (Å²) in [5, 5.41) is 10.8. The highest BCUT2D eigenvalue weighted by molar-refractivity contribution is 8.00. The van der Waals surface area contributed by atoms with E-state index in [1.165, 1.54) is 23.1 Å². The van der Waals surface area contributed by atoms with Gasteiger partial charge in [-0.25, -0.2) is 4.98 Å². The van der Waals surface area contributed by atoms with Crippen LogP contribution in [-0.4, -0.2) is 28.5 Å². The van der Waals surface area contributed by atoms with Gasteiger partial charge in [0, 0.05) is 21.5 Å². The maximum absolute atomic E-state index is 13.2. The van der Waals surface area contributed by atoms with Crippen LogP contribution >= 0.6 is 23.1 Å². The average Bonchev–Trinajstić information content (AvgIpc) is 3.33. The number of benzene rings is 3. The van der Waals surface area contributed by atoms with Crippen molar-refractivity contribution in [3.63, 3.8) is 0 Å². The smallest absolute Gasteiger partial charge is 0.272 e. The van der Waals surface area contributed by atoms with Crippen molar-refractivity contribution in [3.8, 4) is 0 Å². The maximum Gasteiger partial charge on any atom is 0.272 e. The van der Waals surface area contributed by atoms with Gasteiger partial charge in [0.2, 0.25) is 5.91 Å². The van der Waals surface area contributed by atoms with Crippen LogP contribution in [0.1, 0.15) is 27.2 Å². The molecule has 0 saturated carbocycles. The molecule has 0 aliphatic rings. The fourth-order valence-corrected chi connectivity index (χ4v) is 4.80. The fraction of sp³-hybridized carbons (Fsp3) is 0.103. The van der Waals surface area contributed by atoms with Crippen LogP contribution in [0.2, 0.25) is 0 Å². The lowest BCUT2D eigenvalue weighted by Gasteiger charge is -2.12. The summed E-state index contributed by atoms with van der Waals surface area (Å²) in [7, 11) is 0. The molecule has 0 aliphatic heterocycles. The summed E-state index contributed by atoms with van der Waals surface area (Å²) < 4.78 is 0. The SMILES string of the molecule is Cc1csc(NC(=O)CSc2ccc(NC(=O)/C(=C/c3ccccc3C)NC(=O)c3ccccc3)cc2)n1. The Morgan fingerprint density at radius 3 is 2.29 bits per heavy atom. The molecule has 0 fully saturated rings. The van der Waals surface area contributed by atoms with Gasteiger partial charge in [-0.1, -0.05) is 42.5 Å². The Bertz CT molecular complexity index is 1460. The van der Waals surface area contributed by atoms with Gasteiger partial charge in [-0.2, -0.15) is 0 Å². The molecule has 0 unspecified atom stereocenters. The molecule has 3 aromatic carbocycles. The van der Waals surface area contributed by atoms with E-state index in [0.29, 0.717) is 16.4 Å². The van der Waals surface area contributed by atoms with Gasteiger partial charge in [0.05, 0.1) is 11.4 Å². The molecule has 1 heterocycles. The topological polar surface area (TPSA) is 100 Å². The van der Waals surface area contributed by atoms with Crippen molar-refractivity contribution in [2.75, 3.05) is 16.4 Å². The lowest BCUT2D eigenvalue weighted by Crippen LogP contribution is -2.30. The minimum Gasteiger partial charge on any atom is -0.321 e. The van der Waals surface area contributed by atoms with E-state index in [2.05, 4.69) is 20.9 Å². The predicted molar refractivity (Wildman–Crippen MR) is 154 cm³/mol. The lowest BCUT2D eigenvalue weighted by atomic mass is 10.1. The predicted octanol–water partition coefficient (Wildman–Crippen LogP) is 5.90. The highest BCUT2D eigenvalue weighted by Gasteiger charge is 2.16. The number of rotatable bonds is 9. The van der Waals surface area contributed by atoms with Gasteiger partial charge in [-0.05, 0) is 67.4 Å². The summed E-state index contributed by atoms with van der Waals surface area (Å²) >= 11 is 2.77. The molecule has 4 aromatic rings. The van der Waals surface area contributed by atoms with Gasteiger partial charge in [0.1, 0.15) is 5.70 Å². The van der Waals surface area contributed by atoms with E-state index in [1.54, 1.807) is 42.5 Å². The number of aromatic nitrogens is 1. The Morgan fingerprint density at radius 2 is 1.61 bits per heavy atom. The molecule has 3 N–H and O–H groups in total. The molecule has 7 nitrogen and oxygen atoms in total. The number of carbonyl (C=O) groups is 3.